The van der Waals surface area contributed by atoms with E-state index in [0.717, 1.165) is 15.2 Å². The molecule has 0 saturated carbocycles. The van der Waals surface area contributed by atoms with Crippen LogP contribution in [-0.4, -0.2) is 49.1 Å². The maximum Gasteiger partial charge on any atom is 0.344 e. The first-order valence-electron chi connectivity index (χ1n) is 9.01. The topological polar surface area (TPSA) is 78.0 Å². The van der Waals surface area contributed by atoms with Gasteiger partial charge in [0.25, 0.3) is 5.91 Å². The summed E-state index contributed by atoms with van der Waals surface area (Å²) in [5.74, 6) is 0.274. The number of carbonyl (C=O) groups excluding carboxylic acids is 2. The predicted octanol–water partition coefficient (Wildman–Crippen LogP) is 3.45. The number of para-hydroxylation sites is 1. The lowest BCUT2D eigenvalue weighted by Gasteiger charge is -2.23. The molecule has 0 saturated heterocycles. The Kier molecular flexibility index (Phi) is 6.66. The maximum atomic E-state index is 12.4. The number of methoxy groups -OCH3 is 1. The van der Waals surface area contributed by atoms with E-state index in [2.05, 4.69) is 4.98 Å². The van der Waals surface area contributed by atoms with E-state index in [0.29, 0.717) is 11.5 Å². The number of nitrogens with zero attached hydrogens (tertiary/aromatic N) is 2. The van der Waals surface area contributed by atoms with Crippen LogP contribution in [0.1, 0.15) is 18.0 Å². The Morgan fingerprint density at radius 3 is 2.45 bits per heavy atom. The van der Waals surface area contributed by atoms with Crippen molar-refractivity contribution in [1.29, 1.82) is 0 Å². The minimum absolute atomic E-state index is 0.228. The summed E-state index contributed by atoms with van der Waals surface area (Å²) in [7, 11) is 3.24. The summed E-state index contributed by atoms with van der Waals surface area (Å²) in [6.45, 7) is 1.26. The highest BCUT2D eigenvalue weighted by Gasteiger charge is 2.21. The highest BCUT2D eigenvalue weighted by molar-refractivity contribution is 7.18. The number of amides is 1. The van der Waals surface area contributed by atoms with Gasteiger partial charge in [-0.25, -0.2) is 9.78 Å². The van der Waals surface area contributed by atoms with Crippen molar-refractivity contribution in [2.45, 2.75) is 13.0 Å². The number of fused-ring (bicyclic) bond motifs is 1. The van der Waals surface area contributed by atoms with E-state index < -0.39 is 5.97 Å². The molecule has 0 bridgehead atoms. The zero-order chi connectivity index (χ0) is 20.8. The molecule has 152 valence electrons. The van der Waals surface area contributed by atoms with Gasteiger partial charge < -0.3 is 19.1 Å². The summed E-state index contributed by atoms with van der Waals surface area (Å²) in [6, 6.07) is 14.4. The van der Waals surface area contributed by atoms with Gasteiger partial charge in [0.2, 0.25) is 0 Å². The Hall–Kier alpha value is -3.13. The maximum absolute atomic E-state index is 12.4. The minimum Gasteiger partial charge on any atom is -0.497 e. The molecule has 29 heavy (non-hydrogen) atoms. The molecule has 1 amide bonds. The van der Waals surface area contributed by atoms with Gasteiger partial charge in [0.1, 0.15) is 16.5 Å². The Balaban J connectivity index is 1.47. The van der Waals surface area contributed by atoms with Gasteiger partial charge in [-0.05, 0) is 43.3 Å². The third-order valence-electron chi connectivity index (χ3n) is 4.41. The summed E-state index contributed by atoms with van der Waals surface area (Å²) in [5, 5.41) is 0.830. The van der Waals surface area contributed by atoms with Crippen molar-refractivity contribution < 1.29 is 23.8 Å². The van der Waals surface area contributed by atoms with Crippen LogP contribution >= 0.6 is 11.3 Å². The first-order valence-corrected chi connectivity index (χ1v) is 9.83. The molecule has 0 aliphatic rings. The predicted molar refractivity (Wildman–Crippen MR) is 110 cm³/mol. The van der Waals surface area contributed by atoms with Crippen LogP contribution in [0.4, 0.5) is 0 Å². The van der Waals surface area contributed by atoms with Gasteiger partial charge >= 0.3 is 5.97 Å². The van der Waals surface area contributed by atoms with E-state index in [1.165, 1.54) is 4.90 Å². The van der Waals surface area contributed by atoms with Gasteiger partial charge in [-0.1, -0.05) is 12.1 Å². The molecule has 0 fully saturated rings. The molecule has 0 unspecified atom stereocenters. The van der Waals surface area contributed by atoms with Crippen molar-refractivity contribution in [3.05, 3.63) is 53.5 Å². The van der Waals surface area contributed by atoms with E-state index in [1.807, 2.05) is 31.2 Å². The van der Waals surface area contributed by atoms with Gasteiger partial charge in [0.05, 0.1) is 23.4 Å². The van der Waals surface area contributed by atoms with Crippen molar-refractivity contribution in [3.63, 3.8) is 0 Å². The lowest BCUT2D eigenvalue weighted by molar-refractivity contribution is -0.153. The van der Waals surface area contributed by atoms with Crippen molar-refractivity contribution >= 4 is 33.4 Å². The molecule has 1 atom stereocenters. The summed E-state index contributed by atoms with van der Waals surface area (Å²) in [6.07, 6.45) is 0. The molecule has 7 nitrogen and oxygen atoms in total. The number of hydrogen-bond donors (Lipinski definition) is 0. The van der Waals surface area contributed by atoms with E-state index in [9.17, 15) is 9.59 Å². The quantitative estimate of drug-likeness (QED) is 0.526. The Bertz CT molecular complexity index is 953. The monoisotopic (exact) mass is 414 g/mol. The fraction of sp³-hybridized carbons (Fsp3) is 0.286. The van der Waals surface area contributed by atoms with Crippen molar-refractivity contribution in [2.24, 2.45) is 0 Å². The number of benzene rings is 2. The van der Waals surface area contributed by atoms with Crippen LogP contribution < -0.4 is 9.47 Å². The number of thiazole rings is 1. The van der Waals surface area contributed by atoms with Gasteiger partial charge in [0, 0.05) is 7.05 Å². The van der Waals surface area contributed by atoms with E-state index in [1.54, 1.807) is 49.8 Å². The van der Waals surface area contributed by atoms with Crippen LogP contribution in [0, 0.1) is 0 Å². The third-order valence-corrected chi connectivity index (χ3v) is 5.62. The molecule has 0 N–H and O–H groups in total. The number of ether oxygens (including phenoxy) is 3. The standard InChI is InChI=1S/C21H22N2O5S/c1-14(21-22-17-6-4-5-7-18(17)29-21)23(2)19(24)12-28-20(25)13-27-16-10-8-15(26-3)9-11-16/h4-11,14H,12-13H2,1-3H3/t14-/m0/s1. The molecule has 0 radical (unpaired) electrons. The SMILES string of the molecule is COc1ccc(OCC(=O)OCC(=O)N(C)[C@@H](C)c2nc3ccccc3s2)cc1. The summed E-state index contributed by atoms with van der Waals surface area (Å²) < 4.78 is 16.5. The molecular weight excluding hydrogens is 392 g/mol. The highest BCUT2D eigenvalue weighted by atomic mass is 32.1. The number of carbonyl (C=O) groups is 2. The van der Waals surface area contributed by atoms with Gasteiger partial charge in [-0.3, -0.25) is 4.79 Å². The molecule has 3 aromatic rings. The normalized spacial score (nSPS) is 11.7. The zero-order valence-corrected chi connectivity index (χ0v) is 17.3. The van der Waals surface area contributed by atoms with Crippen molar-refractivity contribution in [3.8, 4) is 11.5 Å². The Morgan fingerprint density at radius 1 is 1.07 bits per heavy atom. The average Bonchev–Trinajstić information content (AvgIpc) is 3.19. The second-order valence-electron chi connectivity index (χ2n) is 6.33. The number of likely N-dealkylation sites (N-methyl/N-ethyl adjacent to an activating group) is 1. The molecule has 3 rings (SSSR count). The van der Waals surface area contributed by atoms with Crippen LogP contribution in [0.3, 0.4) is 0 Å². The second kappa shape index (κ2) is 9.38. The minimum atomic E-state index is -0.616. The first-order chi connectivity index (χ1) is 14.0. The molecule has 2 aromatic carbocycles. The highest BCUT2D eigenvalue weighted by Crippen LogP contribution is 2.28. The number of esters is 1. The largest absolute Gasteiger partial charge is 0.497 e. The van der Waals surface area contributed by atoms with Crippen LogP contribution in [0.15, 0.2) is 48.5 Å². The van der Waals surface area contributed by atoms with Crippen LogP contribution in [0.2, 0.25) is 0 Å². The third kappa shape index (κ3) is 5.23. The van der Waals surface area contributed by atoms with E-state index in [-0.39, 0.29) is 25.2 Å². The Labute approximate surface area is 172 Å². The molecule has 1 aromatic heterocycles. The van der Waals surface area contributed by atoms with Crippen LogP contribution in [0.25, 0.3) is 10.2 Å². The van der Waals surface area contributed by atoms with Crippen molar-refractivity contribution in [1.82, 2.24) is 9.88 Å². The van der Waals surface area contributed by atoms with Crippen LogP contribution in [-0.2, 0) is 14.3 Å². The number of hydrogen-bond acceptors (Lipinski definition) is 7. The van der Waals surface area contributed by atoms with Crippen LogP contribution in [0.5, 0.6) is 11.5 Å². The zero-order valence-electron chi connectivity index (χ0n) is 16.5. The molecule has 0 aliphatic carbocycles. The molecule has 8 heteroatoms. The van der Waals surface area contributed by atoms with Gasteiger partial charge in [-0.15, -0.1) is 11.3 Å². The number of aromatic nitrogens is 1. The summed E-state index contributed by atoms with van der Waals surface area (Å²) in [5.41, 5.74) is 0.905. The summed E-state index contributed by atoms with van der Waals surface area (Å²) >= 11 is 1.54. The van der Waals surface area contributed by atoms with E-state index in [4.69, 9.17) is 14.2 Å². The second-order valence-corrected chi connectivity index (χ2v) is 7.39. The van der Waals surface area contributed by atoms with E-state index >= 15 is 0 Å². The fourth-order valence-electron chi connectivity index (χ4n) is 2.55. The smallest absolute Gasteiger partial charge is 0.344 e. The fourth-order valence-corrected chi connectivity index (χ4v) is 3.61. The molecule has 0 aliphatic heterocycles. The summed E-state index contributed by atoms with van der Waals surface area (Å²) in [4.78, 5) is 30.4. The first kappa shape index (κ1) is 20.6. The van der Waals surface area contributed by atoms with Gasteiger partial charge in [0.15, 0.2) is 13.2 Å². The lowest BCUT2D eigenvalue weighted by atomic mass is 10.3. The Morgan fingerprint density at radius 2 is 1.76 bits per heavy atom. The van der Waals surface area contributed by atoms with Gasteiger partial charge in [-0.2, -0.15) is 0 Å². The number of rotatable bonds is 8. The lowest BCUT2D eigenvalue weighted by Crippen LogP contribution is -2.34. The average molecular weight is 414 g/mol. The van der Waals surface area contributed by atoms with Crippen molar-refractivity contribution in [2.75, 3.05) is 27.4 Å². The molecule has 0 spiro atoms. The molecule has 1 heterocycles. The molecular formula is C21H22N2O5S.